The Labute approximate surface area is 134 Å². The van der Waals surface area contributed by atoms with Crippen molar-refractivity contribution in [2.45, 2.75) is 45.1 Å². The van der Waals surface area contributed by atoms with Gasteiger partial charge < -0.3 is 14.7 Å². The van der Waals surface area contributed by atoms with Crippen molar-refractivity contribution in [3.8, 4) is 5.88 Å². The van der Waals surface area contributed by atoms with E-state index in [0.717, 1.165) is 18.5 Å². The molecule has 124 valence electrons. The van der Waals surface area contributed by atoms with Gasteiger partial charge in [0.25, 0.3) is 0 Å². The lowest BCUT2D eigenvalue weighted by Crippen LogP contribution is -2.42. The molecule has 1 fully saturated rings. The second-order valence-corrected chi connectivity index (χ2v) is 6.91. The molecular formula is C16H22N4O3. The topological polar surface area (TPSA) is 80.0 Å². The Hall–Kier alpha value is -2.31. The fourth-order valence-corrected chi connectivity index (χ4v) is 2.84. The largest absolute Gasteiger partial charge is 0.493 e. The fourth-order valence-electron chi connectivity index (χ4n) is 2.84. The molecule has 3 rings (SSSR count). The second kappa shape index (κ2) is 5.72. The van der Waals surface area contributed by atoms with Gasteiger partial charge in [0.1, 0.15) is 5.60 Å². The van der Waals surface area contributed by atoms with Gasteiger partial charge in [-0.25, -0.2) is 9.78 Å². The van der Waals surface area contributed by atoms with Crippen LogP contribution in [0.3, 0.4) is 0 Å². The third kappa shape index (κ3) is 3.38. The van der Waals surface area contributed by atoms with E-state index in [0.29, 0.717) is 18.7 Å². The molecule has 1 atom stereocenters. The fraction of sp³-hybridized carbons (Fsp3) is 0.562. The van der Waals surface area contributed by atoms with E-state index >= 15 is 0 Å². The summed E-state index contributed by atoms with van der Waals surface area (Å²) in [7, 11) is 0. The van der Waals surface area contributed by atoms with Gasteiger partial charge >= 0.3 is 6.09 Å². The van der Waals surface area contributed by atoms with Crippen LogP contribution in [-0.4, -0.2) is 49.4 Å². The highest BCUT2D eigenvalue weighted by Gasteiger charge is 2.29. The minimum atomic E-state index is -0.503. The maximum Gasteiger partial charge on any atom is 0.410 e. The number of likely N-dealkylation sites (tertiary alicyclic amines) is 1. The number of aromatic nitrogens is 3. The molecule has 0 radical (unpaired) electrons. The first-order valence-corrected chi connectivity index (χ1v) is 7.85. The average molecular weight is 318 g/mol. The number of hydrogen-bond donors (Lipinski definition) is 1. The Morgan fingerprint density at radius 1 is 1.43 bits per heavy atom. The number of rotatable bonds is 1. The molecule has 2 aromatic heterocycles. The summed E-state index contributed by atoms with van der Waals surface area (Å²) < 4.78 is 6.83. The zero-order chi connectivity index (χ0) is 16.6. The van der Waals surface area contributed by atoms with Gasteiger partial charge in [0.05, 0.1) is 11.9 Å². The lowest BCUT2D eigenvalue weighted by Gasteiger charge is -2.33. The molecule has 7 heteroatoms. The summed E-state index contributed by atoms with van der Waals surface area (Å²) in [5.74, 6) is 0.145. The van der Waals surface area contributed by atoms with Crippen molar-refractivity contribution in [1.82, 2.24) is 19.5 Å². The molecule has 0 aliphatic carbocycles. The van der Waals surface area contributed by atoms with Crippen LogP contribution in [0.5, 0.6) is 5.88 Å². The number of nitrogens with zero attached hydrogens (tertiary/aromatic N) is 4. The summed E-state index contributed by atoms with van der Waals surface area (Å²) in [6.45, 7) is 6.82. The highest BCUT2D eigenvalue weighted by molar-refractivity contribution is 5.68. The summed E-state index contributed by atoms with van der Waals surface area (Å²) in [5.41, 5.74) is 0.884. The molecule has 0 spiro atoms. The first-order chi connectivity index (χ1) is 10.8. The highest BCUT2D eigenvalue weighted by Crippen LogP contribution is 2.28. The first-order valence-electron chi connectivity index (χ1n) is 7.85. The zero-order valence-electron chi connectivity index (χ0n) is 13.7. The van der Waals surface area contributed by atoms with Crippen molar-refractivity contribution in [2.75, 3.05) is 13.1 Å². The molecule has 1 aliphatic heterocycles. The monoisotopic (exact) mass is 318 g/mol. The lowest BCUT2D eigenvalue weighted by molar-refractivity contribution is 0.0197. The van der Waals surface area contributed by atoms with Crippen molar-refractivity contribution in [2.24, 2.45) is 0 Å². The Morgan fingerprint density at radius 2 is 2.22 bits per heavy atom. The van der Waals surface area contributed by atoms with Gasteiger partial charge in [0, 0.05) is 31.1 Å². The van der Waals surface area contributed by atoms with E-state index in [4.69, 9.17) is 4.74 Å². The van der Waals surface area contributed by atoms with Crippen molar-refractivity contribution in [3.63, 3.8) is 0 Å². The first kappa shape index (κ1) is 15.6. The maximum absolute atomic E-state index is 12.2. The molecule has 0 aromatic carbocycles. The van der Waals surface area contributed by atoms with Crippen LogP contribution in [-0.2, 0) is 4.74 Å². The highest BCUT2D eigenvalue weighted by atomic mass is 16.6. The summed E-state index contributed by atoms with van der Waals surface area (Å²) in [4.78, 5) is 18.5. The number of aromatic hydroxyl groups is 1. The minimum Gasteiger partial charge on any atom is -0.493 e. The van der Waals surface area contributed by atoms with E-state index in [9.17, 15) is 9.90 Å². The van der Waals surface area contributed by atoms with Gasteiger partial charge in [-0.2, -0.15) is 9.61 Å². The Balaban J connectivity index is 1.78. The molecule has 1 saturated heterocycles. The van der Waals surface area contributed by atoms with Crippen molar-refractivity contribution in [1.29, 1.82) is 0 Å². The molecule has 0 saturated carbocycles. The lowest BCUT2D eigenvalue weighted by atomic mass is 9.95. The number of amides is 1. The average Bonchev–Trinajstić information content (AvgIpc) is 2.94. The Morgan fingerprint density at radius 3 is 2.96 bits per heavy atom. The van der Waals surface area contributed by atoms with Gasteiger partial charge in [-0.3, -0.25) is 0 Å². The van der Waals surface area contributed by atoms with Gasteiger partial charge in [0.2, 0.25) is 5.88 Å². The van der Waals surface area contributed by atoms with Gasteiger partial charge in [-0.15, -0.1) is 0 Å². The second-order valence-electron chi connectivity index (χ2n) is 6.91. The predicted molar refractivity (Wildman–Crippen MR) is 84.4 cm³/mol. The molecule has 1 unspecified atom stereocenters. The third-order valence-electron chi connectivity index (χ3n) is 3.85. The minimum absolute atomic E-state index is 0.0596. The van der Waals surface area contributed by atoms with Crippen LogP contribution in [0.1, 0.15) is 45.2 Å². The SMILES string of the molecule is CC(C)(C)OC(=O)N1CCCC(c2cc(O)n3nccc3n2)C1. The Bertz CT molecular complexity index is 720. The number of fused-ring (bicyclic) bond motifs is 1. The molecule has 23 heavy (non-hydrogen) atoms. The number of carbonyl (C=O) groups is 1. The summed E-state index contributed by atoms with van der Waals surface area (Å²) in [5, 5.41) is 14.1. The quantitative estimate of drug-likeness (QED) is 0.874. The summed E-state index contributed by atoms with van der Waals surface area (Å²) in [6, 6.07) is 3.38. The standard InChI is InChI=1S/C16H22N4O3/c1-16(2,3)23-15(22)19-8-4-5-11(10-19)12-9-14(21)20-13(18-12)6-7-17-20/h6-7,9,11,21H,4-5,8,10H2,1-3H3. The summed E-state index contributed by atoms with van der Waals surface area (Å²) >= 11 is 0. The van der Waals surface area contributed by atoms with E-state index in [-0.39, 0.29) is 17.9 Å². The van der Waals surface area contributed by atoms with Gasteiger partial charge in [-0.05, 0) is 33.6 Å². The van der Waals surface area contributed by atoms with E-state index in [2.05, 4.69) is 10.1 Å². The summed E-state index contributed by atoms with van der Waals surface area (Å²) in [6.07, 6.45) is 3.11. The normalized spacial score (nSPS) is 19.1. The smallest absolute Gasteiger partial charge is 0.410 e. The molecular weight excluding hydrogens is 296 g/mol. The Kier molecular flexibility index (Phi) is 3.87. The number of carbonyl (C=O) groups excluding carboxylic acids is 1. The molecule has 1 N–H and O–H groups in total. The molecule has 2 aromatic rings. The maximum atomic E-state index is 12.2. The molecule has 1 aliphatic rings. The predicted octanol–water partition coefficient (Wildman–Crippen LogP) is 2.55. The van der Waals surface area contributed by atoms with Gasteiger partial charge in [0.15, 0.2) is 5.65 Å². The number of piperidine rings is 1. The van der Waals surface area contributed by atoms with E-state index in [1.165, 1.54) is 4.52 Å². The van der Waals surface area contributed by atoms with Crippen LogP contribution in [0.4, 0.5) is 4.79 Å². The van der Waals surface area contributed by atoms with E-state index < -0.39 is 5.60 Å². The zero-order valence-corrected chi connectivity index (χ0v) is 13.7. The number of ether oxygens (including phenoxy) is 1. The van der Waals surface area contributed by atoms with Gasteiger partial charge in [-0.1, -0.05) is 0 Å². The van der Waals surface area contributed by atoms with Crippen LogP contribution in [0.2, 0.25) is 0 Å². The van der Waals surface area contributed by atoms with Crippen LogP contribution >= 0.6 is 0 Å². The number of hydrogen-bond acceptors (Lipinski definition) is 5. The third-order valence-corrected chi connectivity index (χ3v) is 3.85. The van der Waals surface area contributed by atoms with E-state index in [1.54, 1.807) is 23.2 Å². The molecule has 1 amide bonds. The van der Waals surface area contributed by atoms with Crippen molar-refractivity contribution in [3.05, 3.63) is 24.0 Å². The van der Waals surface area contributed by atoms with Crippen molar-refractivity contribution < 1.29 is 14.6 Å². The van der Waals surface area contributed by atoms with Crippen LogP contribution in [0, 0.1) is 0 Å². The molecule has 3 heterocycles. The van der Waals surface area contributed by atoms with E-state index in [1.807, 2.05) is 20.8 Å². The van der Waals surface area contributed by atoms with Crippen LogP contribution in [0.25, 0.3) is 5.65 Å². The molecule has 7 nitrogen and oxygen atoms in total. The van der Waals surface area contributed by atoms with Crippen molar-refractivity contribution >= 4 is 11.7 Å². The van der Waals surface area contributed by atoms with Crippen LogP contribution < -0.4 is 0 Å². The van der Waals surface area contributed by atoms with Crippen LogP contribution in [0.15, 0.2) is 18.3 Å². The molecule has 0 bridgehead atoms.